The van der Waals surface area contributed by atoms with Crippen LogP contribution in [0.4, 0.5) is 0 Å². The lowest BCUT2D eigenvalue weighted by Crippen LogP contribution is -2.08. The van der Waals surface area contributed by atoms with Crippen LogP contribution in [0, 0.1) is 0 Å². The standard InChI is InChI=1S/C18H14O5/c19-10-13-7-6-12(8-16(21)22)18-17(13)14(20)9-15(23-18)11-4-2-1-3-5-11/h1-7,9,19H,8,10H2,(H,21,22). The molecule has 116 valence electrons. The predicted molar refractivity (Wildman–Crippen MR) is 85.2 cm³/mol. The van der Waals surface area contributed by atoms with Crippen molar-refractivity contribution < 1.29 is 19.4 Å². The Labute approximate surface area is 131 Å². The molecule has 0 fully saturated rings. The molecular formula is C18H14O5. The maximum atomic E-state index is 12.5. The van der Waals surface area contributed by atoms with Gasteiger partial charge in [-0.15, -0.1) is 0 Å². The lowest BCUT2D eigenvalue weighted by Gasteiger charge is -2.09. The average Bonchev–Trinajstić information content (AvgIpc) is 2.55. The summed E-state index contributed by atoms with van der Waals surface area (Å²) in [5.41, 5.74) is 1.45. The molecule has 0 spiro atoms. The molecule has 0 amide bonds. The van der Waals surface area contributed by atoms with E-state index in [9.17, 15) is 14.7 Å². The van der Waals surface area contributed by atoms with Gasteiger partial charge < -0.3 is 14.6 Å². The van der Waals surface area contributed by atoms with E-state index in [1.807, 2.05) is 18.2 Å². The van der Waals surface area contributed by atoms with E-state index < -0.39 is 5.97 Å². The molecule has 1 heterocycles. The molecule has 3 rings (SSSR count). The van der Waals surface area contributed by atoms with Crippen LogP contribution in [0.5, 0.6) is 0 Å². The SMILES string of the molecule is O=C(O)Cc1ccc(CO)c2c(=O)cc(-c3ccccc3)oc12. The number of hydrogen-bond donors (Lipinski definition) is 2. The van der Waals surface area contributed by atoms with E-state index in [1.54, 1.807) is 24.3 Å². The van der Waals surface area contributed by atoms with Crippen LogP contribution in [0.3, 0.4) is 0 Å². The summed E-state index contributed by atoms with van der Waals surface area (Å²) in [5.74, 6) is -0.652. The van der Waals surface area contributed by atoms with Crippen LogP contribution in [0.15, 0.2) is 57.7 Å². The first-order valence-corrected chi connectivity index (χ1v) is 7.07. The van der Waals surface area contributed by atoms with Crippen molar-refractivity contribution in [2.24, 2.45) is 0 Å². The van der Waals surface area contributed by atoms with Gasteiger partial charge in [-0.05, 0) is 5.56 Å². The van der Waals surface area contributed by atoms with Crippen LogP contribution in [-0.2, 0) is 17.8 Å². The fourth-order valence-electron chi connectivity index (χ4n) is 2.56. The van der Waals surface area contributed by atoms with Gasteiger partial charge in [0.25, 0.3) is 0 Å². The van der Waals surface area contributed by atoms with Crippen molar-refractivity contribution in [2.75, 3.05) is 0 Å². The molecule has 0 aliphatic heterocycles. The molecule has 1 aromatic heterocycles. The number of fused-ring (bicyclic) bond motifs is 1. The summed E-state index contributed by atoms with van der Waals surface area (Å²) in [4.78, 5) is 23.5. The quantitative estimate of drug-likeness (QED) is 0.773. The number of carboxylic acid groups (broad SMARTS) is 1. The van der Waals surface area contributed by atoms with Crippen LogP contribution in [0.25, 0.3) is 22.3 Å². The molecule has 0 saturated carbocycles. The normalized spacial score (nSPS) is 10.8. The number of hydrogen-bond acceptors (Lipinski definition) is 4. The third-order valence-electron chi connectivity index (χ3n) is 3.62. The van der Waals surface area contributed by atoms with Crippen LogP contribution in [-0.4, -0.2) is 16.2 Å². The van der Waals surface area contributed by atoms with Crippen molar-refractivity contribution in [2.45, 2.75) is 13.0 Å². The van der Waals surface area contributed by atoms with Gasteiger partial charge in [-0.1, -0.05) is 42.5 Å². The molecule has 2 aromatic carbocycles. The minimum Gasteiger partial charge on any atom is -0.481 e. The van der Waals surface area contributed by atoms with Crippen LogP contribution >= 0.6 is 0 Å². The van der Waals surface area contributed by atoms with E-state index in [2.05, 4.69) is 0 Å². The van der Waals surface area contributed by atoms with Crippen molar-refractivity contribution in [3.8, 4) is 11.3 Å². The average molecular weight is 310 g/mol. The maximum absolute atomic E-state index is 12.5. The van der Waals surface area contributed by atoms with Crippen LogP contribution in [0.1, 0.15) is 11.1 Å². The van der Waals surface area contributed by atoms with Gasteiger partial charge in [0.2, 0.25) is 0 Å². The zero-order chi connectivity index (χ0) is 16.4. The molecule has 0 atom stereocenters. The molecule has 5 heteroatoms. The summed E-state index contributed by atoms with van der Waals surface area (Å²) < 4.78 is 5.83. The summed E-state index contributed by atoms with van der Waals surface area (Å²) >= 11 is 0. The molecule has 23 heavy (non-hydrogen) atoms. The number of benzene rings is 2. The van der Waals surface area contributed by atoms with E-state index in [4.69, 9.17) is 9.52 Å². The molecule has 3 aromatic rings. The van der Waals surface area contributed by atoms with Gasteiger partial charge in [0, 0.05) is 17.2 Å². The minimum absolute atomic E-state index is 0.213. The van der Waals surface area contributed by atoms with Crippen LogP contribution in [0.2, 0.25) is 0 Å². The van der Waals surface area contributed by atoms with Crippen molar-refractivity contribution in [1.29, 1.82) is 0 Å². The molecule has 0 aliphatic rings. The second-order valence-corrected chi connectivity index (χ2v) is 5.16. The first kappa shape index (κ1) is 15.0. The molecule has 0 saturated heterocycles. The Morgan fingerprint density at radius 3 is 2.39 bits per heavy atom. The van der Waals surface area contributed by atoms with Crippen molar-refractivity contribution >= 4 is 16.9 Å². The highest BCUT2D eigenvalue weighted by atomic mass is 16.4. The first-order chi connectivity index (χ1) is 11.1. The van der Waals surface area contributed by atoms with Gasteiger partial charge in [0.1, 0.15) is 11.3 Å². The summed E-state index contributed by atoms with van der Waals surface area (Å²) in [6.07, 6.45) is -0.261. The van der Waals surface area contributed by atoms with Gasteiger partial charge in [-0.3, -0.25) is 9.59 Å². The fourth-order valence-corrected chi connectivity index (χ4v) is 2.56. The van der Waals surface area contributed by atoms with Crippen molar-refractivity contribution in [3.05, 3.63) is 69.9 Å². The number of aliphatic carboxylic acids is 1. The largest absolute Gasteiger partial charge is 0.481 e. The molecule has 0 radical (unpaired) electrons. The molecule has 0 aliphatic carbocycles. The van der Waals surface area contributed by atoms with E-state index in [-0.39, 0.29) is 29.4 Å². The monoisotopic (exact) mass is 310 g/mol. The van der Waals surface area contributed by atoms with Gasteiger partial charge in [0.15, 0.2) is 5.43 Å². The third kappa shape index (κ3) is 2.86. The highest BCUT2D eigenvalue weighted by Crippen LogP contribution is 2.26. The Bertz CT molecular complexity index is 925. The van der Waals surface area contributed by atoms with Crippen molar-refractivity contribution in [3.63, 3.8) is 0 Å². The molecule has 0 bridgehead atoms. The van der Waals surface area contributed by atoms with Gasteiger partial charge in [-0.25, -0.2) is 0 Å². The first-order valence-electron chi connectivity index (χ1n) is 7.07. The van der Waals surface area contributed by atoms with E-state index in [1.165, 1.54) is 6.07 Å². The molecular weight excluding hydrogens is 296 g/mol. The molecule has 5 nitrogen and oxygen atoms in total. The Balaban J connectivity index is 2.32. The predicted octanol–water partition coefficient (Wildman–Crippen LogP) is 2.58. The molecule has 0 unspecified atom stereocenters. The highest BCUT2D eigenvalue weighted by Gasteiger charge is 2.15. The minimum atomic E-state index is -1.02. The Morgan fingerprint density at radius 1 is 1.04 bits per heavy atom. The summed E-state index contributed by atoms with van der Waals surface area (Å²) in [5, 5.41) is 18.7. The van der Waals surface area contributed by atoms with E-state index in [0.29, 0.717) is 16.9 Å². The fraction of sp³-hybridized carbons (Fsp3) is 0.111. The lowest BCUT2D eigenvalue weighted by molar-refractivity contribution is -0.136. The van der Waals surface area contributed by atoms with E-state index in [0.717, 1.165) is 5.56 Å². The Kier molecular flexibility index (Phi) is 3.95. The van der Waals surface area contributed by atoms with Gasteiger partial charge in [0.05, 0.1) is 18.4 Å². The second-order valence-electron chi connectivity index (χ2n) is 5.16. The number of carboxylic acids is 1. The topological polar surface area (TPSA) is 87.7 Å². The number of rotatable bonds is 4. The van der Waals surface area contributed by atoms with E-state index >= 15 is 0 Å². The Hall–Kier alpha value is -2.92. The zero-order valence-electron chi connectivity index (χ0n) is 12.2. The van der Waals surface area contributed by atoms with Crippen molar-refractivity contribution in [1.82, 2.24) is 0 Å². The van der Waals surface area contributed by atoms with Gasteiger partial charge >= 0.3 is 5.97 Å². The number of carbonyl (C=O) groups is 1. The third-order valence-corrected chi connectivity index (χ3v) is 3.62. The highest BCUT2D eigenvalue weighted by molar-refractivity contribution is 5.87. The van der Waals surface area contributed by atoms with Crippen LogP contribution < -0.4 is 5.43 Å². The van der Waals surface area contributed by atoms with Gasteiger partial charge in [-0.2, -0.15) is 0 Å². The second kappa shape index (κ2) is 6.06. The lowest BCUT2D eigenvalue weighted by atomic mass is 10.0. The zero-order valence-corrected chi connectivity index (χ0v) is 12.2. The Morgan fingerprint density at radius 2 is 1.74 bits per heavy atom. The summed E-state index contributed by atoms with van der Waals surface area (Å²) in [7, 11) is 0. The summed E-state index contributed by atoms with van der Waals surface area (Å²) in [6.45, 7) is -0.320. The number of aliphatic hydroxyl groups is 1. The maximum Gasteiger partial charge on any atom is 0.307 e. The smallest absolute Gasteiger partial charge is 0.307 e. The summed E-state index contributed by atoms with van der Waals surface area (Å²) in [6, 6.07) is 13.6. The molecule has 2 N–H and O–H groups in total. The number of aliphatic hydroxyl groups excluding tert-OH is 1.